The third-order valence-electron chi connectivity index (χ3n) is 4.16. The van der Waals surface area contributed by atoms with Gasteiger partial charge in [-0.05, 0) is 45.8 Å². The molecule has 0 bridgehead atoms. The second-order valence-corrected chi connectivity index (χ2v) is 5.90. The van der Waals surface area contributed by atoms with Crippen LogP contribution in [0.5, 0.6) is 5.75 Å². The summed E-state index contributed by atoms with van der Waals surface area (Å²) in [7, 11) is 1.59. The molecule has 2 heterocycles. The molecule has 4 nitrogen and oxygen atoms in total. The van der Waals surface area contributed by atoms with Crippen LogP contribution in [0.25, 0.3) is 0 Å². The van der Waals surface area contributed by atoms with E-state index in [0.717, 1.165) is 13.1 Å². The predicted octanol–water partition coefficient (Wildman–Crippen LogP) is 2.93. The molecule has 20 heavy (non-hydrogen) atoms. The average molecular weight is 276 g/mol. The second kappa shape index (κ2) is 6.35. The Morgan fingerprint density at radius 2 is 1.85 bits per heavy atom. The molecule has 0 saturated carbocycles. The number of hydrogen-bond donors (Lipinski definition) is 0. The molecule has 2 rings (SSSR count). The molecule has 0 amide bonds. The van der Waals surface area contributed by atoms with Crippen molar-refractivity contribution >= 4 is 5.78 Å². The largest absolute Gasteiger partial charge is 0.495 e. The van der Waals surface area contributed by atoms with Crippen molar-refractivity contribution in [1.82, 2.24) is 9.88 Å². The van der Waals surface area contributed by atoms with E-state index in [0.29, 0.717) is 11.3 Å². The highest BCUT2D eigenvalue weighted by atomic mass is 16.5. The molecule has 0 unspecified atom stereocenters. The molecule has 0 aromatic carbocycles. The summed E-state index contributed by atoms with van der Waals surface area (Å²) in [5.41, 5.74) is 0.136. The summed E-state index contributed by atoms with van der Waals surface area (Å²) in [6, 6.07) is 1.77. The lowest BCUT2D eigenvalue weighted by Gasteiger charge is -2.36. The quantitative estimate of drug-likeness (QED) is 0.793. The third-order valence-corrected chi connectivity index (χ3v) is 4.16. The van der Waals surface area contributed by atoms with Gasteiger partial charge in [0, 0.05) is 11.8 Å². The minimum atomic E-state index is -0.488. The van der Waals surface area contributed by atoms with Crippen molar-refractivity contribution in [3.8, 4) is 5.75 Å². The molecule has 1 aromatic rings. The molecule has 1 aliphatic rings. The third kappa shape index (κ3) is 3.18. The van der Waals surface area contributed by atoms with Gasteiger partial charge >= 0.3 is 0 Å². The maximum Gasteiger partial charge on any atom is 0.184 e. The predicted molar refractivity (Wildman–Crippen MR) is 79.2 cm³/mol. The molecule has 0 atom stereocenters. The Balaban J connectivity index is 2.20. The molecular weight excluding hydrogens is 252 g/mol. The number of carbonyl (C=O) groups is 1. The highest BCUT2D eigenvalue weighted by Crippen LogP contribution is 2.25. The van der Waals surface area contributed by atoms with Crippen molar-refractivity contribution in [3.63, 3.8) is 0 Å². The monoisotopic (exact) mass is 276 g/mol. The summed E-state index contributed by atoms with van der Waals surface area (Å²) in [6.07, 6.45) is 8.13. The molecule has 1 saturated heterocycles. The van der Waals surface area contributed by atoms with E-state index in [1.807, 2.05) is 13.8 Å². The van der Waals surface area contributed by atoms with Crippen molar-refractivity contribution in [2.75, 3.05) is 20.2 Å². The van der Waals surface area contributed by atoms with E-state index in [-0.39, 0.29) is 5.78 Å². The second-order valence-electron chi connectivity index (χ2n) is 5.90. The van der Waals surface area contributed by atoms with E-state index in [1.165, 1.54) is 25.7 Å². The fraction of sp³-hybridized carbons (Fsp3) is 0.625. The van der Waals surface area contributed by atoms with Gasteiger partial charge in [0.05, 0.1) is 18.8 Å². The van der Waals surface area contributed by atoms with Gasteiger partial charge < -0.3 is 4.74 Å². The number of ether oxygens (including phenoxy) is 1. The Morgan fingerprint density at radius 1 is 1.20 bits per heavy atom. The van der Waals surface area contributed by atoms with E-state index >= 15 is 0 Å². The van der Waals surface area contributed by atoms with Gasteiger partial charge in [-0.3, -0.25) is 14.7 Å². The molecule has 0 aliphatic carbocycles. The first-order valence-electron chi connectivity index (χ1n) is 7.34. The van der Waals surface area contributed by atoms with Gasteiger partial charge in [0.1, 0.15) is 5.75 Å². The number of likely N-dealkylation sites (tertiary alicyclic amines) is 1. The summed E-state index contributed by atoms with van der Waals surface area (Å²) in [6.45, 7) is 6.02. The van der Waals surface area contributed by atoms with Crippen molar-refractivity contribution < 1.29 is 9.53 Å². The Labute approximate surface area is 121 Å². The average Bonchev–Trinajstić information content (AvgIpc) is 2.76. The lowest BCUT2D eigenvalue weighted by Crippen LogP contribution is -2.50. The zero-order chi connectivity index (χ0) is 14.6. The van der Waals surface area contributed by atoms with Crippen LogP contribution in [0, 0.1) is 0 Å². The van der Waals surface area contributed by atoms with Crippen LogP contribution in [0.3, 0.4) is 0 Å². The minimum Gasteiger partial charge on any atom is -0.495 e. The Bertz CT molecular complexity index is 463. The SMILES string of the molecule is COc1cncc(C(=O)C(C)(C)N2CCCCCC2)c1. The van der Waals surface area contributed by atoms with Crippen LogP contribution in [-0.2, 0) is 0 Å². The minimum absolute atomic E-state index is 0.116. The van der Waals surface area contributed by atoms with Crippen molar-refractivity contribution in [1.29, 1.82) is 0 Å². The van der Waals surface area contributed by atoms with E-state index < -0.39 is 5.54 Å². The van der Waals surface area contributed by atoms with Crippen LogP contribution in [0.4, 0.5) is 0 Å². The van der Waals surface area contributed by atoms with Gasteiger partial charge in [-0.25, -0.2) is 0 Å². The Hall–Kier alpha value is -1.42. The van der Waals surface area contributed by atoms with Crippen LogP contribution in [0.2, 0.25) is 0 Å². The van der Waals surface area contributed by atoms with Gasteiger partial charge in [0.25, 0.3) is 0 Å². The number of nitrogens with zero attached hydrogens (tertiary/aromatic N) is 2. The fourth-order valence-corrected chi connectivity index (χ4v) is 2.78. The standard InChI is InChI=1S/C16H24N2O2/c1-16(2,18-8-6-4-5-7-9-18)15(19)13-10-14(20-3)12-17-11-13/h10-12H,4-9H2,1-3H3. The summed E-state index contributed by atoms with van der Waals surface area (Å²) in [5, 5.41) is 0. The first-order valence-corrected chi connectivity index (χ1v) is 7.34. The fourth-order valence-electron chi connectivity index (χ4n) is 2.78. The van der Waals surface area contributed by atoms with Crippen LogP contribution < -0.4 is 4.74 Å². The molecule has 4 heteroatoms. The van der Waals surface area contributed by atoms with Gasteiger partial charge in [-0.2, -0.15) is 0 Å². The van der Waals surface area contributed by atoms with E-state index in [2.05, 4.69) is 9.88 Å². The number of aromatic nitrogens is 1. The molecule has 1 fully saturated rings. The van der Waals surface area contributed by atoms with Crippen molar-refractivity contribution in [2.24, 2.45) is 0 Å². The lowest BCUT2D eigenvalue weighted by molar-refractivity contribution is 0.0649. The molecule has 110 valence electrons. The van der Waals surface area contributed by atoms with Crippen LogP contribution in [-0.4, -0.2) is 41.4 Å². The van der Waals surface area contributed by atoms with E-state index in [1.54, 1.807) is 25.6 Å². The highest BCUT2D eigenvalue weighted by Gasteiger charge is 2.35. The molecule has 1 aromatic heterocycles. The topological polar surface area (TPSA) is 42.4 Å². The van der Waals surface area contributed by atoms with Crippen LogP contribution >= 0.6 is 0 Å². The number of methoxy groups -OCH3 is 1. The number of hydrogen-bond acceptors (Lipinski definition) is 4. The van der Waals surface area contributed by atoms with Crippen molar-refractivity contribution in [2.45, 2.75) is 45.1 Å². The summed E-state index contributed by atoms with van der Waals surface area (Å²) < 4.78 is 5.15. The first kappa shape index (κ1) is 15.0. The maximum absolute atomic E-state index is 12.8. The number of Topliss-reactive ketones (excluding diaryl/α,β-unsaturated/α-hetero) is 1. The molecule has 0 N–H and O–H groups in total. The molecule has 0 radical (unpaired) electrons. The zero-order valence-corrected chi connectivity index (χ0v) is 12.7. The molecule has 0 spiro atoms. The number of ketones is 1. The number of carbonyl (C=O) groups excluding carboxylic acids is 1. The summed E-state index contributed by atoms with van der Waals surface area (Å²) in [4.78, 5) is 19.2. The van der Waals surface area contributed by atoms with Gasteiger partial charge in [-0.15, -0.1) is 0 Å². The molecule has 1 aliphatic heterocycles. The van der Waals surface area contributed by atoms with Crippen molar-refractivity contribution in [3.05, 3.63) is 24.0 Å². The Kier molecular flexibility index (Phi) is 4.76. The van der Waals surface area contributed by atoms with Gasteiger partial charge in [-0.1, -0.05) is 12.8 Å². The van der Waals surface area contributed by atoms with E-state index in [4.69, 9.17) is 4.74 Å². The number of rotatable bonds is 4. The molecular formula is C16H24N2O2. The summed E-state index contributed by atoms with van der Waals surface area (Å²) >= 11 is 0. The van der Waals surface area contributed by atoms with Gasteiger partial charge in [0.15, 0.2) is 5.78 Å². The zero-order valence-electron chi connectivity index (χ0n) is 12.7. The van der Waals surface area contributed by atoms with Crippen LogP contribution in [0.15, 0.2) is 18.5 Å². The normalized spacial score (nSPS) is 17.6. The number of pyridine rings is 1. The smallest absolute Gasteiger partial charge is 0.184 e. The summed E-state index contributed by atoms with van der Waals surface area (Å²) in [5.74, 6) is 0.744. The van der Waals surface area contributed by atoms with E-state index in [9.17, 15) is 4.79 Å². The maximum atomic E-state index is 12.8. The lowest BCUT2D eigenvalue weighted by atomic mass is 9.91. The first-order chi connectivity index (χ1) is 9.55. The Morgan fingerprint density at radius 3 is 2.45 bits per heavy atom. The van der Waals surface area contributed by atoms with Gasteiger partial charge in [0.2, 0.25) is 0 Å². The van der Waals surface area contributed by atoms with Crippen LogP contribution in [0.1, 0.15) is 49.9 Å². The highest BCUT2D eigenvalue weighted by molar-refractivity contribution is 6.02.